The number of anilines is 1. The molecular formula is C15H11FN4OS2. The van der Waals surface area contributed by atoms with Crippen LogP contribution in [0.3, 0.4) is 0 Å². The molecule has 0 spiro atoms. The monoisotopic (exact) mass is 346 g/mol. The number of benzene rings is 1. The quantitative estimate of drug-likeness (QED) is 0.715. The molecule has 1 aromatic carbocycles. The Kier molecular flexibility index (Phi) is 4.94. The van der Waals surface area contributed by atoms with Gasteiger partial charge in [-0.3, -0.25) is 4.79 Å². The Balaban J connectivity index is 1.59. The van der Waals surface area contributed by atoms with Gasteiger partial charge < -0.3 is 5.32 Å². The summed E-state index contributed by atoms with van der Waals surface area (Å²) in [4.78, 5) is 16.3. The predicted molar refractivity (Wildman–Crippen MR) is 88.1 cm³/mol. The summed E-state index contributed by atoms with van der Waals surface area (Å²) in [5, 5.41) is 12.5. The zero-order chi connectivity index (χ0) is 16.1. The number of pyridine rings is 1. The van der Waals surface area contributed by atoms with Crippen molar-refractivity contribution in [3.63, 3.8) is 0 Å². The Bertz CT molecular complexity index is 793. The maximum absolute atomic E-state index is 12.8. The summed E-state index contributed by atoms with van der Waals surface area (Å²) in [5.41, 5.74) is 0.510. The van der Waals surface area contributed by atoms with Crippen LogP contribution in [0, 0.1) is 5.82 Å². The summed E-state index contributed by atoms with van der Waals surface area (Å²) in [5.74, 6) is -0.116. The first-order valence-electron chi connectivity index (χ1n) is 6.64. The molecule has 0 saturated heterocycles. The zero-order valence-electron chi connectivity index (χ0n) is 11.8. The number of halogens is 1. The van der Waals surface area contributed by atoms with Gasteiger partial charge in [-0.15, -0.1) is 10.2 Å². The highest BCUT2D eigenvalue weighted by Gasteiger charge is 2.13. The molecule has 0 fully saturated rings. The fourth-order valence-corrected chi connectivity index (χ4v) is 3.27. The molecule has 1 N–H and O–H groups in total. The Morgan fingerprint density at radius 3 is 2.74 bits per heavy atom. The highest BCUT2D eigenvalue weighted by molar-refractivity contribution is 7.98. The van der Waals surface area contributed by atoms with E-state index >= 15 is 0 Å². The number of aromatic nitrogens is 3. The van der Waals surface area contributed by atoms with Crippen molar-refractivity contribution in [2.75, 3.05) is 5.32 Å². The molecule has 0 bridgehead atoms. The van der Waals surface area contributed by atoms with Gasteiger partial charge in [-0.1, -0.05) is 29.2 Å². The molecule has 0 aliphatic heterocycles. The lowest BCUT2D eigenvalue weighted by Gasteiger charge is -2.01. The lowest BCUT2D eigenvalue weighted by molar-refractivity contribution is 0.102. The van der Waals surface area contributed by atoms with Crippen LogP contribution in [0.15, 0.2) is 53.7 Å². The van der Waals surface area contributed by atoms with Gasteiger partial charge in [0.05, 0.1) is 10.8 Å². The molecule has 0 saturated carbocycles. The van der Waals surface area contributed by atoms with Gasteiger partial charge in [-0.05, 0) is 36.4 Å². The van der Waals surface area contributed by atoms with Crippen molar-refractivity contribution in [3.8, 4) is 0 Å². The fraction of sp³-hybridized carbons (Fsp3) is 0.0667. The summed E-state index contributed by atoms with van der Waals surface area (Å²) in [7, 11) is 0. The predicted octanol–water partition coefficient (Wildman–Crippen LogP) is 3.62. The first-order valence-corrected chi connectivity index (χ1v) is 8.44. The van der Waals surface area contributed by atoms with Crippen LogP contribution in [0.4, 0.5) is 10.1 Å². The standard InChI is InChI=1S/C15H11FN4OS2/c16-10-4-6-11(7-5-10)18-14(21)15-20-19-13(23-15)9-22-12-3-1-2-8-17-12/h1-8H,9H2,(H,18,21). The summed E-state index contributed by atoms with van der Waals surface area (Å²) < 4.78 is 12.8. The van der Waals surface area contributed by atoms with Gasteiger partial charge in [-0.25, -0.2) is 9.37 Å². The van der Waals surface area contributed by atoms with E-state index in [9.17, 15) is 9.18 Å². The number of hydrogen-bond donors (Lipinski definition) is 1. The number of hydrogen-bond acceptors (Lipinski definition) is 6. The van der Waals surface area contributed by atoms with E-state index in [0.29, 0.717) is 11.4 Å². The van der Waals surface area contributed by atoms with Crippen LogP contribution in [0.2, 0.25) is 0 Å². The Morgan fingerprint density at radius 1 is 1.17 bits per heavy atom. The average molecular weight is 346 g/mol. The highest BCUT2D eigenvalue weighted by Crippen LogP contribution is 2.22. The van der Waals surface area contributed by atoms with Gasteiger partial charge in [0, 0.05) is 11.9 Å². The highest BCUT2D eigenvalue weighted by atomic mass is 32.2. The van der Waals surface area contributed by atoms with E-state index in [1.165, 1.54) is 47.4 Å². The van der Waals surface area contributed by atoms with Crippen molar-refractivity contribution in [2.24, 2.45) is 0 Å². The molecule has 3 aromatic rings. The number of thioether (sulfide) groups is 1. The minimum Gasteiger partial charge on any atom is -0.320 e. The maximum Gasteiger partial charge on any atom is 0.286 e. The van der Waals surface area contributed by atoms with Crippen molar-refractivity contribution in [1.82, 2.24) is 15.2 Å². The maximum atomic E-state index is 12.8. The third kappa shape index (κ3) is 4.33. The van der Waals surface area contributed by atoms with E-state index in [2.05, 4.69) is 20.5 Å². The van der Waals surface area contributed by atoms with E-state index in [1.807, 2.05) is 18.2 Å². The lowest BCUT2D eigenvalue weighted by atomic mass is 10.3. The van der Waals surface area contributed by atoms with Crippen LogP contribution >= 0.6 is 23.1 Å². The summed E-state index contributed by atoms with van der Waals surface area (Å²) >= 11 is 2.75. The van der Waals surface area contributed by atoms with Crippen LogP contribution in [0.1, 0.15) is 14.8 Å². The van der Waals surface area contributed by atoms with Gasteiger partial charge in [0.1, 0.15) is 10.8 Å². The molecule has 0 aliphatic rings. The van der Waals surface area contributed by atoms with Crippen LogP contribution in [0.5, 0.6) is 0 Å². The van der Waals surface area contributed by atoms with E-state index in [1.54, 1.807) is 6.20 Å². The van der Waals surface area contributed by atoms with E-state index in [4.69, 9.17) is 0 Å². The SMILES string of the molecule is O=C(Nc1ccc(F)cc1)c1nnc(CSc2ccccn2)s1. The molecule has 23 heavy (non-hydrogen) atoms. The first kappa shape index (κ1) is 15.6. The second-order valence-corrected chi connectivity index (χ2v) is 6.48. The topological polar surface area (TPSA) is 67.8 Å². The first-order chi connectivity index (χ1) is 11.2. The summed E-state index contributed by atoms with van der Waals surface area (Å²) in [6.07, 6.45) is 1.73. The van der Waals surface area contributed by atoms with E-state index in [-0.39, 0.29) is 16.7 Å². The number of carbonyl (C=O) groups is 1. The summed E-state index contributed by atoms with van der Waals surface area (Å²) in [6.45, 7) is 0. The van der Waals surface area contributed by atoms with Crippen molar-refractivity contribution >= 4 is 34.7 Å². The third-order valence-electron chi connectivity index (χ3n) is 2.74. The van der Waals surface area contributed by atoms with E-state index < -0.39 is 0 Å². The van der Waals surface area contributed by atoms with Crippen LogP contribution in [-0.2, 0) is 5.75 Å². The Morgan fingerprint density at radius 2 is 2.00 bits per heavy atom. The second-order valence-electron chi connectivity index (χ2n) is 4.42. The molecule has 0 aliphatic carbocycles. The van der Waals surface area contributed by atoms with Crippen molar-refractivity contribution in [3.05, 3.63) is 64.5 Å². The molecule has 8 heteroatoms. The number of amides is 1. The number of nitrogens with one attached hydrogen (secondary N) is 1. The lowest BCUT2D eigenvalue weighted by Crippen LogP contribution is -2.11. The van der Waals surface area contributed by atoms with Crippen molar-refractivity contribution in [1.29, 1.82) is 0 Å². The molecule has 2 heterocycles. The minimum absolute atomic E-state index is 0.269. The second kappa shape index (κ2) is 7.30. The average Bonchev–Trinajstić information content (AvgIpc) is 3.05. The van der Waals surface area contributed by atoms with Gasteiger partial charge in [0.15, 0.2) is 0 Å². The Labute approximate surface area is 140 Å². The van der Waals surface area contributed by atoms with Gasteiger partial charge in [0.2, 0.25) is 5.01 Å². The Hall–Kier alpha value is -2.32. The van der Waals surface area contributed by atoms with Crippen molar-refractivity contribution in [2.45, 2.75) is 10.8 Å². The molecule has 0 radical (unpaired) electrons. The molecule has 2 aromatic heterocycles. The molecule has 0 unspecified atom stereocenters. The van der Waals surface area contributed by atoms with Crippen LogP contribution < -0.4 is 5.32 Å². The molecule has 1 amide bonds. The van der Waals surface area contributed by atoms with Gasteiger partial charge in [-0.2, -0.15) is 0 Å². The van der Waals surface area contributed by atoms with Crippen LogP contribution in [0.25, 0.3) is 0 Å². The zero-order valence-corrected chi connectivity index (χ0v) is 13.4. The van der Waals surface area contributed by atoms with Crippen molar-refractivity contribution < 1.29 is 9.18 Å². The summed E-state index contributed by atoms with van der Waals surface area (Å²) in [6, 6.07) is 11.2. The molecule has 5 nitrogen and oxygen atoms in total. The number of carbonyl (C=O) groups excluding carboxylic acids is 1. The molecule has 0 atom stereocenters. The largest absolute Gasteiger partial charge is 0.320 e. The molecular weight excluding hydrogens is 335 g/mol. The molecule has 116 valence electrons. The smallest absolute Gasteiger partial charge is 0.286 e. The van der Waals surface area contributed by atoms with Gasteiger partial charge >= 0.3 is 0 Å². The third-order valence-corrected chi connectivity index (χ3v) is 4.80. The normalized spacial score (nSPS) is 10.5. The number of nitrogens with zero attached hydrogens (tertiary/aromatic N) is 3. The minimum atomic E-state index is -0.358. The molecule has 3 rings (SSSR count). The van der Waals surface area contributed by atoms with Gasteiger partial charge in [0.25, 0.3) is 5.91 Å². The fourth-order valence-electron chi connectivity index (χ4n) is 1.69. The number of rotatable bonds is 5. The van der Waals surface area contributed by atoms with Crippen LogP contribution in [-0.4, -0.2) is 21.1 Å². The van der Waals surface area contributed by atoms with E-state index in [0.717, 1.165) is 10.0 Å².